The van der Waals surface area contributed by atoms with E-state index in [1.165, 1.54) is 24.8 Å². The van der Waals surface area contributed by atoms with Gasteiger partial charge in [0, 0.05) is 0 Å². The number of unbranched alkanes of at least 4 members (excludes halogenated alkanes) is 3. The van der Waals surface area contributed by atoms with Crippen LogP contribution < -0.4 is 4.74 Å². The van der Waals surface area contributed by atoms with Gasteiger partial charge in [-0.2, -0.15) is 0 Å². The summed E-state index contributed by atoms with van der Waals surface area (Å²) in [6, 6.07) is 6.10. The second kappa shape index (κ2) is 7.79. The maximum Gasteiger partial charge on any atom is 0.138 e. The minimum atomic E-state index is 0.158. The van der Waals surface area contributed by atoms with Gasteiger partial charge in [0.1, 0.15) is 12.4 Å². The minimum absolute atomic E-state index is 0.158. The van der Waals surface area contributed by atoms with Gasteiger partial charge in [0.25, 0.3) is 0 Å². The van der Waals surface area contributed by atoms with Crippen molar-refractivity contribution in [2.45, 2.75) is 65.2 Å². The van der Waals surface area contributed by atoms with Crippen LogP contribution in [0, 0.1) is 6.61 Å². The van der Waals surface area contributed by atoms with Crippen molar-refractivity contribution in [2.24, 2.45) is 0 Å². The van der Waals surface area contributed by atoms with E-state index < -0.39 is 0 Å². The molecule has 0 amide bonds. The SMILES string of the molecule is CCCCC[CH]Oc1cc(C(C)(C)CC)ccc1Cl. The summed E-state index contributed by atoms with van der Waals surface area (Å²) in [5.41, 5.74) is 1.43. The summed E-state index contributed by atoms with van der Waals surface area (Å²) in [7, 11) is 0. The van der Waals surface area contributed by atoms with E-state index in [1.807, 2.05) is 12.7 Å². The number of ether oxygens (including phenoxy) is 1. The maximum atomic E-state index is 6.18. The van der Waals surface area contributed by atoms with Crippen LogP contribution in [0.2, 0.25) is 5.02 Å². The highest BCUT2D eigenvalue weighted by molar-refractivity contribution is 6.32. The summed E-state index contributed by atoms with van der Waals surface area (Å²) in [5.74, 6) is 0.775. The molecule has 2 heteroatoms. The molecular weight excluding hydrogens is 256 g/mol. The monoisotopic (exact) mass is 281 g/mol. The van der Waals surface area contributed by atoms with E-state index in [1.54, 1.807) is 0 Å². The summed E-state index contributed by atoms with van der Waals surface area (Å²) < 4.78 is 5.71. The van der Waals surface area contributed by atoms with Crippen molar-refractivity contribution in [3.8, 4) is 5.75 Å². The van der Waals surface area contributed by atoms with Gasteiger partial charge < -0.3 is 4.74 Å². The molecule has 1 radical (unpaired) electrons. The Balaban J connectivity index is 2.64. The van der Waals surface area contributed by atoms with Gasteiger partial charge in [0.15, 0.2) is 0 Å². The first kappa shape index (κ1) is 16.4. The molecule has 1 nitrogen and oxygen atoms in total. The fourth-order valence-corrected chi connectivity index (χ4v) is 2.01. The third-order valence-electron chi connectivity index (χ3n) is 3.73. The molecule has 107 valence electrons. The quantitative estimate of drug-likeness (QED) is 0.519. The highest BCUT2D eigenvalue weighted by atomic mass is 35.5. The zero-order valence-electron chi connectivity index (χ0n) is 12.6. The van der Waals surface area contributed by atoms with Gasteiger partial charge in [-0.3, -0.25) is 0 Å². The van der Waals surface area contributed by atoms with Gasteiger partial charge in [-0.25, -0.2) is 0 Å². The predicted octanol–water partition coefficient (Wildman–Crippen LogP) is 6.15. The molecule has 0 aliphatic rings. The molecule has 0 aliphatic heterocycles. The van der Waals surface area contributed by atoms with Crippen LogP contribution in [0.1, 0.15) is 65.4 Å². The lowest BCUT2D eigenvalue weighted by Crippen LogP contribution is -2.15. The molecule has 0 atom stereocenters. The van der Waals surface area contributed by atoms with E-state index in [9.17, 15) is 0 Å². The summed E-state index contributed by atoms with van der Waals surface area (Å²) in [4.78, 5) is 0. The second-order valence-corrected chi connectivity index (χ2v) is 6.07. The Morgan fingerprint density at radius 1 is 1.21 bits per heavy atom. The van der Waals surface area contributed by atoms with Gasteiger partial charge in [-0.15, -0.1) is 0 Å². The number of hydrogen-bond acceptors (Lipinski definition) is 1. The van der Waals surface area contributed by atoms with E-state index in [-0.39, 0.29) is 5.41 Å². The molecule has 1 aromatic carbocycles. The van der Waals surface area contributed by atoms with Crippen LogP contribution in [0.4, 0.5) is 0 Å². The van der Waals surface area contributed by atoms with Crippen molar-refractivity contribution in [1.82, 2.24) is 0 Å². The maximum absolute atomic E-state index is 6.18. The Labute approximate surface area is 123 Å². The topological polar surface area (TPSA) is 9.23 Å². The van der Waals surface area contributed by atoms with Crippen molar-refractivity contribution in [3.63, 3.8) is 0 Å². The molecule has 0 saturated heterocycles. The zero-order valence-corrected chi connectivity index (χ0v) is 13.4. The molecule has 1 aromatic rings. The Morgan fingerprint density at radius 3 is 2.58 bits per heavy atom. The van der Waals surface area contributed by atoms with E-state index in [0.717, 1.165) is 18.6 Å². The van der Waals surface area contributed by atoms with Gasteiger partial charge in [0.05, 0.1) is 5.02 Å². The summed E-state index contributed by atoms with van der Waals surface area (Å²) in [5, 5.41) is 0.683. The van der Waals surface area contributed by atoms with E-state index in [2.05, 4.69) is 39.8 Å². The van der Waals surface area contributed by atoms with Gasteiger partial charge in [0.2, 0.25) is 0 Å². The molecular formula is C17H26ClO. The van der Waals surface area contributed by atoms with Crippen molar-refractivity contribution in [3.05, 3.63) is 35.4 Å². The average molecular weight is 282 g/mol. The lowest BCUT2D eigenvalue weighted by Gasteiger charge is -2.24. The lowest BCUT2D eigenvalue weighted by molar-refractivity contribution is 0.382. The van der Waals surface area contributed by atoms with Gasteiger partial charge in [-0.1, -0.05) is 58.2 Å². The van der Waals surface area contributed by atoms with Crippen molar-refractivity contribution < 1.29 is 4.74 Å². The smallest absolute Gasteiger partial charge is 0.138 e. The summed E-state index contributed by atoms with van der Waals surface area (Å²) >= 11 is 6.18. The van der Waals surface area contributed by atoms with Crippen molar-refractivity contribution in [2.75, 3.05) is 0 Å². The van der Waals surface area contributed by atoms with Crippen LogP contribution in [0.25, 0.3) is 0 Å². The van der Waals surface area contributed by atoms with E-state index in [0.29, 0.717) is 5.02 Å². The van der Waals surface area contributed by atoms with E-state index >= 15 is 0 Å². The van der Waals surface area contributed by atoms with Crippen LogP contribution in [-0.4, -0.2) is 0 Å². The molecule has 0 saturated carbocycles. The third kappa shape index (κ3) is 5.06. The highest BCUT2D eigenvalue weighted by Gasteiger charge is 2.19. The average Bonchev–Trinajstić information content (AvgIpc) is 2.40. The molecule has 0 unspecified atom stereocenters. The Kier molecular flexibility index (Phi) is 6.71. The normalized spacial score (nSPS) is 11.6. The Hall–Kier alpha value is -0.690. The zero-order chi connectivity index (χ0) is 14.3. The first-order chi connectivity index (χ1) is 9.01. The Bertz CT molecular complexity index is 385. The molecule has 19 heavy (non-hydrogen) atoms. The van der Waals surface area contributed by atoms with E-state index in [4.69, 9.17) is 16.3 Å². The molecule has 0 bridgehead atoms. The predicted molar refractivity (Wildman–Crippen MR) is 83.8 cm³/mol. The largest absolute Gasteiger partial charge is 0.485 e. The third-order valence-corrected chi connectivity index (χ3v) is 4.04. The number of halogens is 1. The number of hydrogen-bond donors (Lipinski definition) is 0. The van der Waals surface area contributed by atoms with Gasteiger partial charge >= 0.3 is 0 Å². The van der Waals surface area contributed by atoms with Crippen LogP contribution in [-0.2, 0) is 5.41 Å². The summed E-state index contributed by atoms with van der Waals surface area (Å²) in [6.07, 6.45) is 5.72. The number of rotatable bonds is 8. The van der Waals surface area contributed by atoms with Crippen molar-refractivity contribution >= 4 is 11.6 Å². The van der Waals surface area contributed by atoms with Crippen LogP contribution in [0.3, 0.4) is 0 Å². The molecule has 0 spiro atoms. The molecule has 1 rings (SSSR count). The standard InChI is InChI=1S/C17H26ClO/c1-5-7-8-9-12-19-16-13-14(10-11-15(16)18)17(3,4)6-2/h10-13H,5-9H2,1-4H3. The van der Waals surface area contributed by atoms with Crippen molar-refractivity contribution in [1.29, 1.82) is 0 Å². The lowest BCUT2D eigenvalue weighted by atomic mass is 9.82. The fourth-order valence-electron chi connectivity index (χ4n) is 1.85. The summed E-state index contributed by atoms with van der Waals surface area (Å²) in [6.45, 7) is 10.8. The molecule has 0 heterocycles. The van der Waals surface area contributed by atoms with Crippen LogP contribution in [0.5, 0.6) is 5.75 Å². The molecule has 0 fully saturated rings. The molecule has 0 aromatic heterocycles. The van der Waals surface area contributed by atoms with Crippen LogP contribution in [0.15, 0.2) is 18.2 Å². The Morgan fingerprint density at radius 2 is 1.95 bits per heavy atom. The second-order valence-electron chi connectivity index (χ2n) is 5.66. The first-order valence-electron chi connectivity index (χ1n) is 7.29. The highest BCUT2D eigenvalue weighted by Crippen LogP contribution is 2.33. The fraction of sp³-hybridized carbons (Fsp3) is 0.588. The molecule has 0 N–H and O–H groups in total. The van der Waals surface area contributed by atoms with Crippen LogP contribution >= 0.6 is 11.6 Å². The number of benzene rings is 1. The molecule has 0 aliphatic carbocycles. The minimum Gasteiger partial charge on any atom is -0.485 e. The first-order valence-corrected chi connectivity index (χ1v) is 7.67. The van der Waals surface area contributed by atoms with Gasteiger partial charge in [-0.05, 0) is 42.4 Å².